The molecule has 0 radical (unpaired) electrons. The van der Waals surface area contributed by atoms with Gasteiger partial charge in [-0.25, -0.2) is 4.98 Å². The molecule has 0 aliphatic carbocycles. The molecule has 0 unspecified atom stereocenters. The molecule has 0 amide bonds. The third-order valence-corrected chi connectivity index (χ3v) is 1.98. The van der Waals surface area contributed by atoms with Gasteiger partial charge in [-0.15, -0.1) is 0 Å². The van der Waals surface area contributed by atoms with Crippen molar-refractivity contribution in [2.75, 3.05) is 0 Å². The highest BCUT2D eigenvalue weighted by Gasteiger charge is 2.06. The molecule has 2 rings (SSSR count). The van der Waals surface area contributed by atoms with E-state index in [1.807, 2.05) is 22.6 Å². The molecule has 0 saturated carbocycles. The fourth-order valence-corrected chi connectivity index (χ4v) is 1.41. The number of hydrogen-bond donors (Lipinski definition) is 0. The fourth-order valence-electron chi connectivity index (χ4n) is 0.779. The lowest BCUT2D eigenvalue weighted by Crippen LogP contribution is -1.74. The van der Waals surface area contributed by atoms with Gasteiger partial charge >= 0.3 is 0 Å². The molecular weight excluding hydrogens is 278 g/mol. The highest BCUT2D eigenvalue weighted by molar-refractivity contribution is 14.1. The first kappa shape index (κ1) is 7.30. The Morgan fingerprint density at radius 2 is 2.36 bits per heavy atom. The Kier molecular flexibility index (Phi) is 1.72. The van der Waals surface area contributed by atoms with Crippen LogP contribution in [0.5, 0.6) is 0 Å². The first-order valence-electron chi connectivity index (χ1n) is 2.84. The van der Waals surface area contributed by atoms with E-state index in [9.17, 15) is 0 Å². The maximum Gasteiger partial charge on any atom is 0.259 e. The number of rotatable bonds is 0. The van der Waals surface area contributed by atoms with E-state index in [0.29, 0.717) is 20.2 Å². The van der Waals surface area contributed by atoms with Crippen LogP contribution in [0.2, 0.25) is 5.02 Å². The summed E-state index contributed by atoms with van der Waals surface area (Å²) in [7, 11) is 0. The van der Waals surface area contributed by atoms with E-state index >= 15 is 0 Å². The smallest absolute Gasteiger partial charge is 0.259 e. The molecule has 0 aliphatic heterocycles. The maximum absolute atomic E-state index is 5.79. The van der Waals surface area contributed by atoms with Crippen LogP contribution < -0.4 is 0 Å². The zero-order chi connectivity index (χ0) is 7.84. The molecule has 0 aromatic carbocycles. The summed E-state index contributed by atoms with van der Waals surface area (Å²) >= 11 is 7.77. The Bertz CT molecular complexity index is 400. The quantitative estimate of drug-likeness (QED) is 0.696. The molecule has 56 valence electrons. The van der Waals surface area contributed by atoms with Crippen LogP contribution in [0, 0.1) is 3.90 Å². The van der Waals surface area contributed by atoms with Gasteiger partial charge in [0.25, 0.3) is 3.90 Å². The van der Waals surface area contributed by atoms with Crippen molar-refractivity contribution in [2.45, 2.75) is 0 Å². The number of halogens is 2. The molecule has 5 heteroatoms. The molecule has 0 N–H and O–H groups in total. The molecule has 2 heterocycles. The fraction of sp³-hybridized carbons (Fsp3) is 0. The number of fused-ring (bicyclic) bond motifs is 1. The summed E-state index contributed by atoms with van der Waals surface area (Å²) in [5.74, 6) is 0. The first-order valence-corrected chi connectivity index (χ1v) is 4.29. The van der Waals surface area contributed by atoms with Gasteiger partial charge < -0.3 is 4.42 Å². The second-order valence-corrected chi connectivity index (χ2v) is 3.24. The van der Waals surface area contributed by atoms with E-state index in [0.717, 1.165) is 0 Å². The van der Waals surface area contributed by atoms with Gasteiger partial charge in [0.05, 0.1) is 5.02 Å². The van der Waals surface area contributed by atoms with Crippen LogP contribution in [0.3, 0.4) is 0 Å². The average Bonchev–Trinajstić information content (AvgIpc) is 2.31. The van der Waals surface area contributed by atoms with E-state index in [-0.39, 0.29) is 0 Å². The minimum absolute atomic E-state index is 0.547. The molecule has 0 spiro atoms. The van der Waals surface area contributed by atoms with E-state index in [4.69, 9.17) is 16.0 Å². The second kappa shape index (κ2) is 2.60. The van der Waals surface area contributed by atoms with Gasteiger partial charge in [-0.3, -0.25) is 0 Å². The molecular formula is C6H2ClIN2O. The van der Waals surface area contributed by atoms with Gasteiger partial charge in [-0.2, -0.15) is 4.98 Å². The van der Waals surface area contributed by atoms with Crippen molar-refractivity contribution >= 4 is 45.4 Å². The molecule has 0 aliphatic rings. The normalized spacial score (nSPS) is 10.7. The standard InChI is InChI=1S/C6H2ClIN2O/c7-3-1-2-9-5-4(3)11-6(8)10-5/h1-2H. The molecule has 2 aromatic rings. The zero-order valence-electron chi connectivity index (χ0n) is 5.21. The Morgan fingerprint density at radius 1 is 1.55 bits per heavy atom. The number of oxazole rings is 1. The summed E-state index contributed by atoms with van der Waals surface area (Å²) in [6.45, 7) is 0. The van der Waals surface area contributed by atoms with Gasteiger partial charge in [0.2, 0.25) is 5.65 Å². The van der Waals surface area contributed by atoms with E-state index in [1.165, 1.54) is 0 Å². The van der Waals surface area contributed by atoms with Crippen LogP contribution in [0.1, 0.15) is 0 Å². The average molecular weight is 280 g/mol. The Hall–Kier alpha value is -0.360. The van der Waals surface area contributed by atoms with Gasteiger partial charge in [0, 0.05) is 28.8 Å². The van der Waals surface area contributed by atoms with Gasteiger partial charge in [0.1, 0.15) is 0 Å². The molecule has 0 atom stereocenters. The number of nitrogens with zero attached hydrogens (tertiary/aromatic N) is 2. The van der Waals surface area contributed by atoms with Gasteiger partial charge in [-0.05, 0) is 6.07 Å². The lowest BCUT2D eigenvalue weighted by Gasteiger charge is -1.86. The van der Waals surface area contributed by atoms with Gasteiger partial charge in [-0.1, -0.05) is 11.6 Å². The van der Waals surface area contributed by atoms with Crippen LogP contribution in [0.4, 0.5) is 0 Å². The zero-order valence-corrected chi connectivity index (χ0v) is 8.13. The molecule has 2 aromatic heterocycles. The Balaban J connectivity index is 2.90. The van der Waals surface area contributed by atoms with Crippen molar-refractivity contribution in [2.24, 2.45) is 0 Å². The number of aromatic nitrogens is 2. The third-order valence-electron chi connectivity index (χ3n) is 1.22. The van der Waals surface area contributed by atoms with Crippen molar-refractivity contribution in [1.82, 2.24) is 9.97 Å². The number of pyridine rings is 1. The van der Waals surface area contributed by atoms with Crippen molar-refractivity contribution in [3.8, 4) is 0 Å². The molecule has 3 nitrogen and oxygen atoms in total. The van der Waals surface area contributed by atoms with Crippen LogP contribution >= 0.6 is 34.2 Å². The predicted octanol–water partition coefficient (Wildman–Crippen LogP) is 2.48. The first-order chi connectivity index (χ1) is 5.27. The summed E-state index contributed by atoms with van der Waals surface area (Å²) < 4.78 is 5.73. The highest BCUT2D eigenvalue weighted by Crippen LogP contribution is 2.22. The minimum atomic E-state index is 0.547. The lowest BCUT2D eigenvalue weighted by molar-refractivity contribution is 0.566. The topological polar surface area (TPSA) is 38.9 Å². The minimum Gasteiger partial charge on any atom is -0.428 e. The summed E-state index contributed by atoms with van der Waals surface area (Å²) in [5.41, 5.74) is 1.11. The third kappa shape index (κ3) is 1.20. The molecule has 0 bridgehead atoms. The summed E-state index contributed by atoms with van der Waals surface area (Å²) in [6, 6.07) is 1.67. The summed E-state index contributed by atoms with van der Waals surface area (Å²) in [5, 5.41) is 0.547. The second-order valence-electron chi connectivity index (χ2n) is 1.91. The number of hydrogen-bond acceptors (Lipinski definition) is 3. The highest BCUT2D eigenvalue weighted by atomic mass is 127. The Labute approximate surface area is 80.9 Å². The van der Waals surface area contributed by atoms with Crippen LogP contribution in [-0.4, -0.2) is 9.97 Å². The molecule has 0 saturated heterocycles. The monoisotopic (exact) mass is 280 g/mol. The van der Waals surface area contributed by atoms with E-state index in [2.05, 4.69) is 9.97 Å². The van der Waals surface area contributed by atoms with Crippen LogP contribution in [0.15, 0.2) is 16.7 Å². The van der Waals surface area contributed by atoms with Gasteiger partial charge in [0.15, 0.2) is 5.58 Å². The summed E-state index contributed by atoms with van der Waals surface area (Å²) in [4.78, 5) is 7.97. The van der Waals surface area contributed by atoms with E-state index < -0.39 is 0 Å². The van der Waals surface area contributed by atoms with Crippen molar-refractivity contribution in [3.63, 3.8) is 0 Å². The largest absolute Gasteiger partial charge is 0.428 e. The molecule has 11 heavy (non-hydrogen) atoms. The Morgan fingerprint density at radius 3 is 3.09 bits per heavy atom. The molecule has 0 fully saturated rings. The maximum atomic E-state index is 5.79. The van der Waals surface area contributed by atoms with Crippen molar-refractivity contribution < 1.29 is 4.42 Å². The summed E-state index contributed by atoms with van der Waals surface area (Å²) in [6.07, 6.45) is 1.60. The SMILES string of the molecule is Clc1ccnc2nc(I)oc12. The van der Waals surface area contributed by atoms with Crippen molar-refractivity contribution in [3.05, 3.63) is 21.2 Å². The van der Waals surface area contributed by atoms with Crippen LogP contribution in [0.25, 0.3) is 11.2 Å². The van der Waals surface area contributed by atoms with Crippen molar-refractivity contribution in [1.29, 1.82) is 0 Å². The van der Waals surface area contributed by atoms with E-state index in [1.54, 1.807) is 12.3 Å². The van der Waals surface area contributed by atoms with Crippen LogP contribution in [-0.2, 0) is 0 Å². The predicted molar refractivity (Wildman–Crippen MR) is 49.5 cm³/mol. The lowest BCUT2D eigenvalue weighted by atomic mass is 10.5.